The second-order valence-electron chi connectivity index (χ2n) is 4.79. The van der Waals surface area contributed by atoms with Crippen molar-refractivity contribution in [3.8, 4) is 5.75 Å². The third-order valence-corrected chi connectivity index (χ3v) is 4.39. The van der Waals surface area contributed by atoms with E-state index in [4.69, 9.17) is 4.74 Å². The first kappa shape index (κ1) is 12.2. The largest absolute Gasteiger partial charge is 0.496 e. The van der Waals surface area contributed by atoms with Crippen molar-refractivity contribution in [2.24, 2.45) is 5.41 Å². The minimum absolute atomic E-state index is 0.144. The Kier molecular flexibility index (Phi) is 3.23. The molecule has 1 aromatic rings. The molecule has 2 heteroatoms. The summed E-state index contributed by atoms with van der Waals surface area (Å²) in [7, 11) is 1.69. The summed E-state index contributed by atoms with van der Waals surface area (Å²) in [6.45, 7) is 4.23. The quantitative estimate of drug-likeness (QED) is 0.793. The molecule has 1 unspecified atom stereocenters. The molecule has 0 radical (unpaired) electrons. The van der Waals surface area contributed by atoms with Crippen LogP contribution in [0.3, 0.4) is 0 Å². The molecule has 1 saturated carbocycles. The standard InChI is InChI=1S/C15H20O2/c1-4-15(5-2)12(10-14(15)16)11-8-6-7-9-13(11)17-3/h6-9,12H,4-5,10H2,1-3H3. The lowest BCUT2D eigenvalue weighted by atomic mass is 9.54. The van der Waals surface area contributed by atoms with E-state index in [1.165, 1.54) is 5.56 Å². The fourth-order valence-corrected chi connectivity index (χ4v) is 3.15. The van der Waals surface area contributed by atoms with Gasteiger partial charge in [0.15, 0.2) is 0 Å². The molecule has 0 N–H and O–H groups in total. The molecular weight excluding hydrogens is 212 g/mol. The average molecular weight is 232 g/mol. The van der Waals surface area contributed by atoms with Crippen molar-refractivity contribution >= 4 is 5.78 Å². The summed E-state index contributed by atoms with van der Waals surface area (Å²) in [6, 6.07) is 8.07. The third kappa shape index (κ3) is 1.67. The Labute approximate surface area is 103 Å². The Balaban J connectivity index is 2.38. The van der Waals surface area contributed by atoms with Crippen molar-refractivity contribution in [1.82, 2.24) is 0 Å². The number of methoxy groups -OCH3 is 1. The summed E-state index contributed by atoms with van der Waals surface area (Å²) < 4.78 is 5.41. The van der Waals surface area contributed by atoms with Gasteiger partial charge < -0.3 is 4.74 Å². The van der Waals surface area contributed by atoms with E-state index < -0.39 is 0 Å². The van der Waals surface area contributed by atoms with Gasteiger partial charge in [-0.15, -0.1) is 0 Å². The van der Waals surface area contributed by atoms with Gasteiger partial charge in [-0.25, -0.2) is 0 Å². The van der Waals surface area contributed by atoms with Crippen molar-refractivity contribution in [2.45, 2.75) is 39.0 Å². The second-order valence-corrected chi connectivity index (χ2v) is 4.79. The number of carbonyl (C=O) groups is 1. The van der Waals surface area contributed by atoms with Gasteiger partial charge in [-0.05, 0) is 24.5 Å². The minimum atomic E-state index is -0.144. The fraction of sp³-hybridized carbons (Fsp3) is 0.533. The van der Waals surface area contributed by atoms with Gasteiger partial charge in [0.1, 0.15) is 11.5 Å². The number of carbonyl (C=O) groups excluding carboxylic acids is 1. The van der Waals surface area contributed by atoms with E-state index in [2.05, 4.69) is 19.9 Å². The smallest absolute Gasteiger partial charge is 0.140 e. The first-order valence-electron chi connectivity index (χ1n) is 6.35. The number of hydrogen-bond donors (Lipinski definition) is 0. The summed E-state index contributed by atoms with van der Waals surface area (Å²) in [5.74, 6) is 1.66. The van der Waals surface area contributed by atoms with Gasteiger partial charge in [0.2, 0.25) is 0 Å². The van der Waals surface area contributed by atoms with E-state index in [0.29, 0.717) is 18.1 Å². The number of benzene rings is 1. The molecule has 17 heavy (non-hydrogen) atoms. The zero-order valence-corrected chi connectivity index (χ0v) is 10.8. The van der Waals surface area contributed by atoms with Gasteiger partial charge in [-0.2, -0.15) is 0 Å². The first-order chi connectivity index (χ1) is 8.19. The second kappa shape index (κ2) is 4.52. The fourth-order valence-electron chi connectivity index (χ4n) is 3.15. The highest BCUT2D eigenvalue weighted by Crippen LogP contribution is 2.56. The highest BCUT2D eigenvalue weighted by atomic mass is 16.5. The monoisotopic (exact) mass is 232 g/mol. The summed E-state index contributed by atoms with van der Waals surface area (Å²) in [5.41, 5.74) is 1.05. The molecule has 0 bridgehead atoms. The average Bonchev–Trinajstić information content (AvgIpc) is 2.37. The highest BCUT2D eigenvalue weighted by Gasteiger charge is 2.53. The molecule has 1 aliphatic carbocycles. The van der Waals surface area contributed by atoms with Crippen LogP contribution in [0, 0.1) is 5.41 Å². The van der Waals surface area contributed by atoms with Gasteiger partial charge in [-0.3, -0.25) is 4.79 Å². The molecule has 1 aliphatic rings. The molecule has 0 amide bonds. The van der Waals surface area contributed by atoms with Crippen molar-refractivity contribution in [3.63, 3.8) is 0 Å². The Morgan fingerprint density at radius 2 is 1.94 bits per heavy atom. The van der Waals surface area contributed by atoms with Gasteiger partial charge >= 0.3 is 0 Å². The lowest BCUT2D eigenvalue weighted by molar-refractivity contribution is -0.141. The number of Topliss-reactive ketones (excluding diaryl/α,β-unsaturated/α-hetero) is 1. The van der Waals surface area contributed by atoms with Gasteiger partial charge in [-0.1, -0.05) is 32.0 Å². The normalized spacial score (nSPS) is 22.1. The maximum Gasteiger partial charge on any atom is 0.140 e. The van der Waals surface area contributed by atoms with Crippen molar-refractivity contribution < 1.29 is 9.53 Å². The van der Waals surface area contributed by atoms with Crippen LogP contribution in [0.1, 0.15) is 44.6 Å². The van der Waals surface area contributed by atoms with Crippen LogP contribution in [0.25, 0.3) is 0 Å². The molecule has 1 atom stereocenters. The number of rotatable bonds is 4. The predicted octanol–water partition coefficient (Wildman–Crippen LogP) is 3.56. The lowest BCUT2D eigenvalue weighted by Gasteiger charge is -2.47. The van der Waals surface area contributed by atoms with Crippen molar-refractivity contribution in [3.05, 3.63) is 29.8 Å². The number of ether oxygens (including phenoxy) is 1. The molecule has 0 heterocycles. The van der Waals surface area contributed by atoms with Gasteiger partial charge in [0, 0.05) is 17.8 Å². The van der Waals surface area contributed by atoms with Crippen LogP contribution in [0.15, 0.2) is 24.3 Å². The SMILES string of the molecule is CCC1(CC)C(=O)CC1c1ccccc1OC. The molecule has 2 rings (SSSR count). The molecular formula is C15H20O2. The van der Waals surface area contributed by atoms with E-state index in [1.54, 1.807) is 7.11 Å². The summed E-state index contributed by atoms with van der Waals surface area (Å²) in [5, 5.41) is 0. The molecule has 0 aliphatic heterocycles. The van der Waals surface area contributed by atoms with E-state index in [-0.39, 0.29) is 5.41 Å². The van der Waals surface area contributed by atoms with Crippen LogP contribution < -0.4 is 4.74 Å². The van der Waals surface area contributed by atoms with Crippen LogP contribution in [-0.4, -0.2) is 12.9 Å². The Morgan fingerprint density at radius 1 is 1.29 bits per heavy atom. The Morgan fingerprint density at radius 3 is 2.47 bits per heavy atom. The van der Waals surface area contributed by atoms with Crippen molar-refractivity contribution in [2.75, 3.05) is 7.11 Å². The Hall–Kier alpha value is -1.31. The molecule has 0 aromatic heterocycles. The van der Waals surface area contributed by atoms with Crippen molar-refractivity contribution in [1.29, 1.82) is 0 Å². The zero-order valence-electron chi connectivity index (χ0n) is 10.8. The highest BCUT2D eigenvalue weighted by molar-refractivity contribution is 5.93. The third-order valence-electron chi connectivity index (χ3n) is 4.39. The first-order valence-corrected chi connectivity index (χ1v) is 6.35. The predicted molar refractivity (Wildman–Crippen MR) is 68.4 cm³/mol. The maximum absolute atomic E-state index is 12.0. The van der Waals surface area contributed by atoms with E-state index in [1.807, 2.05) is 18.2 Å². The molecule has 92 valence electrons. The topological polar surface area (TPSA) is 26.3 Å². The van der Waals surface area contributed by atoms with E-state index in [9.17, 15) is 4.79 Å². The number of ketones is 1. The molecule has 0 saturated heterocycles. The molecule has 1 aromatic carbocycles. The van der Waals surface area contributed by atoms with E-state index >= 15 is 0 Å². The van der Waals surface area contributed by atoms with Crippen LogP contribution in [0.2, 0.25) is 0 Å². The minimum Gasteiger partial charge on any atom is -0.496 e. The summed E-state index contributed by atoms with van der Waals surface area (Å²) in [4.78, 5) is 12.0. The lowest BCUT2D eigenvalue weighted by Crippen LogP contribution is -2.47. The number of hydrogen-bond acceptors (Lipinski definition) is 2. The van der Waals surface area contributed by atoms with E-state index in [0.717, 1.165) is 18.6 Å². The molecule has 0 spiro atoms. The van der Waals surface area contributed by atoms with Gasteiger partial charge in [0.25, 0.3) is 0 Å². The van der Waals surface area contributed by atoms with Crippen LogP contribution >= 0.6 is 0 Å². The van der Waals surface area contributed by atoms with Crippen LogP contribution in [-0.2, 0) is 4.79 Å². The zero-order chi connectivity index (χ0) is 12.5. The maximum atomic E-state index is 12.0. The van der Waals surface area contributed by atoms with Gasteiger partial charge in [0.05, 0.1) is 7.11 Å². The van der Waals surface area contributed by atoms with Crippen LogP contribution in [0.4, 0.5) is 0 Å². The number of para-hydroxylation sites is 1. The summed E-state index contributed by atoms with van der Waals surface area (Å²) >= 11 is 0. The molecule has 2 nitrogen and oxygen atoms in total. The Bertz CT molecular complexity index is 419. The molecule has 1 fully saturated rings. The summed E-state index contributed by atoms with van der Waals surface area (Å²) in [6.07, 6.45) is 2.51. The van der Waals surface area contributed by atoms with Crippen LogP contribution in [0.5, 0.6) is 5.75 Å².